The van der Waals surface area contributed by atoms with Crippen LogP contribution in [0.2, 0.25) is 0 Å². The van der Waals surface area contributed by atoms with Crippen LogP contribution in [0.1, 0.15) is 55.7 Å². The zero-order chi connectivity index (χ0) is 12.4. The van der Waals surface area contributed by atoms with Crippen molar-refractivity contribution in [2.75, 3.05) is 11.5 Å². The molecule has 0 aromatic heterocycles. The highest BCUT2D eigenvalue weighted by Gasteiger charge is 2.26. The van der Waals surface area contributed by atoms with Crippen LogP contribution in [0.25, 0.3) is 0 Å². The van der Waals surface area contributed by atoms with E-state index in [4.69, 9.17) is 0 Å². The van der Waals surface area contributed by atoms with E-state index in [0.29, 0.717) is 6.04 Å². The Morgan fingerprint density at radius 1 is 1.00 bits per heavy atom. The standard InChI is InChI=1S/C16H23NS/c1-12-6-7-16(15-5-3-2-4-14(12)15)17-13-8-10-18-11-9-13/h2-5,12-13,16-17H,6-11H2,1H3. The number of hydrogen-bond donors (Lipinski definition) is 1. The summed E-state index contributed by atoms with van der Waals surface area (Å²) >= 11 is 2.11. The zero-order valence-corrected chi connectivity index (χ0v) is 12.0. The molecule has 0 saturated carbocycles. The molecular formula is C16H23NS. The highest BCUT2D eigenvalue weighted by atomic mass is 32.2. The molecule has 0 bridgehead atoms. The highest BCUT2D eigenvalue weighted by Crippen LogP contribution is 2.37. The molecule has 2 aliphatic rings. The smallest absolute Gasteiger partial charge is 0.0325 e. The average Bonchev–Trinajstić information content (AvgIpc) is 2.44. The van der Waals surface area contributed by atoms with Gasteiger partial charge >= 0.3 is 0 Å². The van der Waals surface area contributed by atoms with Gasteiger partial charge in [0.05, 0.1) is 0 Å². The molecule has 1 fully saturated rings. The predicted molar refractivity (Wildman–Crippen MR) is 80.3 cm³/mol. The molecule has 2 atom stereocenters. The van der Waals surface area contributed by atoms with Crippen LogP contribution in [0.3, 0.4) is 0 Å². The van der Waals surface area contributed by atoms with Gasteiger partial charge in [-0.25, -0.2) is 0 Å². The van der Waals surface area contributed by atoms with E-state index >= 15 is 0 Å². The number of rotatable bonds is 2. The minimum absolute atomic E-state index is 0.602. The van der Waals surface area contributed by atoms with E-state index < -0.39 is 0 Å². The third-order valence-corrected chi connectivity index (χ3v) is 5.50. The zero-order valence-electron chi connectivity index (χ0n) is 11.2. The molecule has 0 radical (unpaired) electrons. The Bertz CT molecular complexity index is 398. The van der Waals surface area contributed by atoms with E-state index in [-0.39, 0.29) is 0 Å². The maximum absolute atomic E-state index is 3.92. The minimum Gasteiger partial charge on any atom is -0.307 e. The van der Waals surface area contributed by atoms with Crippen LogP contribution in [0.4, 0.5) is 0 Å². The lowest BCUT2D eigenvalue weighted by molar-refractivity contribution is 0.366. The Hall–Kier alpha value is -0.470. The first kappa shape index (κ1) is 12.6. The van der Waals surface area contributed by atoms with Crippen LogP contribution in [-0.4, -0.2) is 17.5 Å². The van der Waals surface area contributed by atoms with Crippen LogP contribution in [-0.2, 0) is 0 Å². The molecule has 1 aromatic carbocycles. The van der Waals surface area contributed by atoms with Crippen molar-refractivity contribution in [1.29, 1.82) is 0 Å². The normalized spacial score (nSPS) is 28.9. The van der Waals surface area contributed by atoms with Crippen molar-refractivity contribution in [2.24, 2.45) is 0 Å². The van der Waals surface area contributed by atoms with Crippen LogP contribution in [0.5, 0.6) is 0 Å². The summed E-state index contributed by atoms with van der Waals surface area (Å²) in [7, 11) is 0. The van der Waals surface area contributed by atoms with Gasteiger partial charge < -0.3 is 5.32 Å². The van der Waals surface area contributed by atoms with Gasteiger partial charge in [-0.1, -0.05) is 31.2 Å². The quantitative estimate of drug-likeness (QED) is 0.860. The number of benzene rings is 1. The first-order valence-corrected chi connectivity index (χ1v) is 8.42. The van der Waals surface area contributed by atoms with Gasteiger partial charge in [0.25, 0.3) is 0 Å². The molecule has 2 heteroatoms. The van der Waals surface area contributed by atoms with Gasteiger partial charge in [-0.15, -0.1) is 0 Å². The van der Waals surface area contributed by atoms with Crippen molar-refractivity contribution < 1.29 is 0 Å². The molecule has 98 valence electrons. The van der Waals surface area contributed by atoms with Gasteiger partial charge in [0, 0.05) is 12.1 Å². The molecule has 1 N–H and O–H groups in total. The summed E-state index contributed by atoms with van der Waals surface area (Å²) in [6.07, 6.45) is 5.33. The fourth-order valence-corrected chi connectivity index (χ4v) is 4.43. The molecule has 3 rings (SSSR count). The Kier molecular flexibility index (Phi) is 3.95. The maximum atomic E-state index is 3.92. The molecule has 1 heterocycles. The summed E-state index contributed by atoms with van der Waals surface area (Å²) in [6.45, 7) is 2.37. The summed E-state index contributed by atoms with van der Waals surface area (Å²) in [5.74, 6) is 3.41. The first-order chi connectivity index (χ1) is 8.84. The third-order valence-electron chi connectivity index (χ3n) is 4.45. The van der Waals surface area contributed by atoms with Crippen molar-refractivity contribution in [3.63, 3.8) is 0 Å². The van der Waals surface area contributed by atoms with Crippen LogP contribution >= 0.6 is 11.8 Å². The molecule has 1 aliphatic carbocycles. The molecule has 0 amide bonds. The molecule has 18 heavy (non-hydrogen) atoms. The van der Waals surface area contributed by atoms with Crippen molar-refractivity contribution in [1.82, 2.24) is 5.32 Å². The van der Waals surface area contributed by atoms with E-state index in [9.17, 15) is 0 Å². The van der Waals surface area contributed by atoms with Gasteiger partial charge in [0.1, 0.15) is 0 Å². The fourth-order valence-electron chi connectivity index (χ4n) is 3.33. The van der Waals surface area contributed by atoms with E-state index in [1.54, 1.807) is 11.1 Å². The van der Waals surface area contributed by atoms with E-state index in [2.05, 4.69) is 48.3 Å². The molecule has 1 nitrogen and oxygen atoms in total. The monoisotopic (exact) mass is 261 g/mol. The molecule has 0 spiro atoms. The Morgan fingerprint density at radius 2 is 1.72 bits per heavy atom. The van der Waals surface area contributed by atoms with E-state index in [1.165, 1.54) is 37.2 Å². The highest BCUT2D eigenvalue weighted by molar-refractivity contribution is 7.99. The SMILES string of the molecule is CC1CCC(NC2CCSCC2)c2ccccc21. The molecular weight excluding hydrogens is 238 g/mol. The van der Waals surface area contributed by atoms with Gasteiger partial charge in [-0.2, -0.15) is 11.8 Å². The first-order valence-electron chi connectivity index (χ1n) is 7.27. The van der Waals surface area contributed by atoms with Crippen LogP contribution in [0, 0.1) is 0 Å². The number of thioether (sulfide) groups is 1. The van der Waals surface area contributed by atoms with Crippen LogP contribution < -0.4 is 5.32 Å². The summed E-state index contributed by atoms with van der Waals surface area (Å²) in [6, 6.07) is 10.4. The summed E-state index contributed by atoms with van der Waals surface area (Å²) in [5.41, 5.74) is 3.14. The average molecular weight is 261 g/mol. The third kappa shape index (κ3) is 2.60. The van der Waals surface area contributed by atoms with Crippen LogP contribution in [0.15, 0.2) is 24.3 Å². The second kappa shape index (κ2) is 5.66. The van der Waals surface area contributed by atoms with Crippen molar-refractivity contribution in [2.45, 2.75) is 50.6 Å². The van der Waals surface area contributed by atoms with Gasteiger partial charge in [-0.3, -0.25) is 0 Å². The number of hydrogen-bond acceptors (Lipinski definition) is 2. The number of nitrogens with one attached hydrogen (secondary N) is 1. The lowest BCUT2D eigenvalue weighted by atomic mass is 9.80. The van der Waals surface area contributed by atoms with Crippen molar-refractivity contribution in [3.05, 3.63) is 35.4 Å². The van der Waals surface area contributed by atoms with E-state index in [1.807, 2.05) is 0 Å². The Balaban J connectivity index is 1.75. The Labute approximate surface area is 115 Å². The molecule has 1 saturated heterocycles. The molecule has 1 aliphatic heterocycles. The van der Waals surface area contributed by atoms with Crippen molar-refractivity contribution in [3.8, 4) is 0 Å². The largest absolute Gasteiger partial charge is 0.307 e. The predicted octanol–water partition coefficient (Wildman–Crippen LogP) is 4.11. The fraction of sp³-hybridized carbons (Fsp3) is 0.625. The topological polar surface area (TPSA) is 12.0 Å². The summed E-state index contributed by atoms with van der Waals surface area (Å²) in [4.78, 5) is 0. The Morgan fingerprint density at radius 3 is 2.50 bits per heavy atom. The second-order valence-electron chi connectivity index (χ2n) is 5.71. The van der Waals surface area contributed by atoms with Crippen molar-refractivity contribution >= 4 is 11.8 Å². The van der Waals surface area contributed by atoms with Gasteiger partial charge in [0.2, 0.25) is 0 Å². The molecule has 2 unspecified atom stereocenters. The maximum Gasteiger partial charge on any atom is 0.0325 e. The minimum atomic E-state index is 0.602. The number of fused-ring (bicyclic) bond motifs is 1. The second-order valence-corrected chi connectivity index (χ2v) is 6.94. The lowest BCUT2D eigenvalue weighted by Crippen LogP contribution is -2.37. The van der Waals surface area contributed by atoms with Gasteiger partial charge in [-0.05, 0) is 54.2 Å². The van der Waals surface area contributed by atoms with Gasteiger partial charge in [0.15, 0.2) is 0 Å². The molecule has 1 aromatic rings. The van der Waals surface area contributed by atoms with E-state index in [0.717, 1.165) is 12.0 Å². The lowest BCUT2D eigenvalue weighted by Gasteiger charge is -2.34. The summed E-state index contributed by atoms with van der Waals surface area (Å²) < 4.78 is 0. The summed E-state index contributed by atoms with van der Waals surface area (Å²) in [5, 5.41) is 3.92.